The zero-order valence-electron chi connectivity index (χ0n) is 25.2. The molecule has 3 aromatic rings. The van der Waals surface area contributed by atoms with Crippen molar-refractivity contribution in [1.82, 2.24) is 9.88 Å². The SMILES string of the molecule is CCCC(=O)C(C)(C)C(c1ccc(C)c(CN2CCOc3c(C)cncc3C2)c1)c1ccc(N(C)N)c(N)c1C. The number of rotatable bonds is 9. The summed E-state index contributed by atoms with van der Waals surface area (Å²) >= 11 is 0. The fourth-order valence-corrected chi connectivity index (χ4v) is 5.99. The first-order valence-corrected chi connectivity index (χ1v) is 14.2. The minimum atomic E-state index is -0.631. The number of nitrogens with two attached hydrogens (primary N) is 2. The summed E-state index contributed by atoms with van der Waals surface area (Å²) in [5.41, 5.74) is 15.2. The molecule has 214 valence electrons. The smallest absolute Gasteiger partial charge is 0.139 e. The second-order valence-corrected chi connectivity index (χ2v) is 11.8. The largest absolute Gasteiger partial charge is 0.492 e. The number of hydrogen-bond donors (Lipinski definition) is 2. The van der Waals surface area contributed by atoms with Crippen LogP contribution in [0.1, 0.15) is 78.5 Å². The Morgan fingerprint density at radius 3 is 2.60 bits per heavy atom. The van der Waals surface area contributed by atoms with Crippen LogP contribution in [0.5, 0.6) is 5.75 Å². The number of benzene rings is 2. The third-order valence-electron chi connectivity index (χ3n) is 8.44. The normalized spacial score (nSPS) is 14.7. The van der Waals surface area contributed by atoms with E-state index >= 15 is 0 Å². The van der Waals surface area contributed by atoms with E-state index in [9.17, 15) is 4.79 Å². The Hall–Kier alpha value is -3.42. The molecule has 0 radical (unpaired) electrons. The molecule has 1 atom stereocenters. The van der Waals surface area contributed by atoms with Crippen LogP contribution < -0.4 is 21.3 Å². The Morgan fingerprint density at radius 1 is 1.15 bits per heavy atom. The summed E-state index contributed by atoms with van der Waals surface area (Å²) in [6.07, 6.45) is 5.13. The van der Waals surface area contributed by atoms with Crippen molar-refractivity contribution >= 4 is 17.2 Å². The van der Waals surface area contributed by atoms with Crippen LogP contribution in [0.3, 0.4) is 0 Å². The van der Waals surface area contributed by atoms with Crippen LogP contribution in [0.25, 0.3) is 0 Å². The number of nitrogens with zero attached hydrogens (tertiary/aromatic N) is 3. The molecule has 1 aromatic heterocycles. The second kappa shape index (κ2) is 12.0. The molecule has 1 aliphatic rings. The van der Waals surface area contributed by atoms with Gasteiger partial charge in [0.25, 0.3) is 0 Å². The maximum Gasteiger partial charge on any atom is 0.139 e. The maximum atomic E-state index is 13.6. The van der Waals surface area contributed by atoms with E-state index in [4.69, 9.17) is 16.3 Å². The Bertz CT molecular complexity index is 1380. The third-order valence-corrected chi connectivity index (χ3v) is 8.44. The van der Waals surface area contributed by atoms with Crippen molar-refractivity contribution in [2.24, 2.45) is 11.3 Å². The molecule has 2 heterocycles. The van der Waals surface area contributed by atoms with Crippen LogP contribution in [0.4, 0.5) is 11.4 Å². The molecule has 40 heavy (non-hydrogen) atoms. The van der Waals surface area contributed by atoms with Crippen molar-refractivity contribution in [3.8, 4) is 5.75 Å². The highest BCUT2D eigenvalue weighted by Gasteiger charge is 2.39. The van der Waals surface area contributed by atoms with Gasteiger partial charge in [0.1, 0.15) is 18.1 Å². The van der Waals surface area contributed by atoms with Gasteiger partial charge in [0.05, 0.1) is 11.4 Å². The highest BCUT2D eigenvalue weighted by Crippen LogP contribution is 2.46. The van der Waals surface area contributed by atoms with E-state index in [1.165, 1.54) is 11.1 Å². The Balaban J connectivity index is 1.77. The summed E-state index contributed by atoms with van der Waals surface area (Å²) in [5.74, 6) is 7.10. The summed E-state index contributed by atoms with van der Waals surface area (Å²) in [6, 6.07) is 10.7. The standard InChI is InChI=1S/C33H45N5O2/c1-8-9-29(39)33(5,6)30(27-12-13-28(37(7)35)31(34)23(27)4)24-11-10-21(2)25(16-24)19-38-14-15-40-32-22(3)17-36-18-26(32)20-38/h10-13,16-18,30H,8-9,14-15,19-20,34-35H2,1-7H3. The van der Waals surface area contributed by atoms with Crippen LogP contribution in [-0.4, -0.2) is 35.9 Å². The number of fused-ring (bicyclic) bond motifs is 1. The number of hydrogen-bond acceptors (Lipinski definition) is 7. The summed E-state index contributed by atoms with van der Waals surface area (Å²) in [7, 11) is 1.78. The van der Waals surface area contributed by atoms with E-state index in [1.807, 2.05) is 32.3 Å². The minimum Gasteiger partial charge on any atom is -0.492 e. The molecular weight excluding hydrogens is 498 g/mol. The molecule has 0 amide bonds. The van der Waals surface area contributed by atoms with Crippen molar-refractivity contribution < 1.29 is 9.53 Å². The number of nitrogen functional groups attached to an aromatic ring is 1. The molecule has 0 fully saturated rings. The quantitative estimate of drug-likeness (QED) is 0.199. The number of anilines is 2. The average Bonchev–Trinajstić information content (AvgIpc) is 3.11. The summed E-state index contributed by atoms with van der Waals surface area (Å²) in [6.45, 7) is 15.5. The lowest BCUT2D eigenvalue weighted by Gasteiger charge is -2.36. The van der Waals surface area contributed by atoms with E-state index in [0.29, 0.717) is 18.7 Å². The van der Waals surface area contributed by atoms with Crippen LogP contribution in [0.15, 0.2) is 42.7 Å². The lowest BCUT2D eigenvalue weighted by molar-refractivity contribution is -0.127. The van der Waals surface area contributed by atoms with Gasteiger partial charge in [-0.2, -0.15) is 0 Å². The zero-order chi connectivity index (χ0) is 29.2. The molecule has 7 nitrogen and oxygen atoms in total. The highest BCUT2D eigenvalue weighted by molar-refractivity contribution is 5.86. The summed E-state index contributed by atoms with van der Waals surface area (Å²) < 4.78 is 6.10. The topological polar surface area (TPSA) is 97.7 Å². The first kappa shape index (κ1) is 29.6. The van der Waals surface area contributed by atoms with Gasteiger partial charge in [0.2, 0.25) is 0 Å². The van der Waals surface area contributed by atoms with Crippen molar-refractivity contribution in [2.75, 3.05) is 30.9 Å². The predicted molar refractivity (Wildman–Crippen MR) is 163 cm³/mol. The minimum absolute atomic E-state index is 0.162. The first-order valence-electron chi connectivity index (χ1n) is 14.2. The number of ketones is 1. The average molecular weight is 544 g/mol. The number of ether oxygens (including phenoxy) is 1. The Kier molecular flexibility index (Phi) is 8.86. The highest BCUT2D eigenvalue weighted by atomic mass is 16.5. The van der Waals surface area contributed by atoms with Gasteiger partial charge >= 0.3 is 0 Å². The number of pyridine rings is 1. The first-order chi connectivity index (χ1) is 18.9. The van der Waals surface area contributed by atoms with Gasteiger partial charge in [0.15, 0.2) is 0 Å². The zero-order valence-corrected chi connectivity index (χ0v) is 25.2. The maximum absolute atomic E-state index is 13.6. The fourth-order valence-electron chi connectivity index (χ4n) is 5.99. The Morgan fingerprint density at radius 2 is 1.90 bits per heavy atom. The monoisotopic (exact) mass is 543 g/mol. The number of carbonyl (C=O) groups is 1. The van der Waals surface area contributed by atoms with Crippen molar-refractivity contribution in [1.29, 1.82) is 0 Å². The number of hydrazine groups is 1. The van der Waals surface area contributed by atoms with Crippen LogP contribution in [-0.2, 0) is 17.9 Å². The molecule has 0 saturated carbocycles. The summed E-state index contributed by atoms with van der Waals surface area (Å²) in [4.78, 5) is 20.4. The fraction of sp³-hybridized carbons (Fsp3) is 0.455. The van der Waals surface area contributed by atoms with E-state index in [1.54, 1.807) is 12.1 Å². The molecule has 0 bridgehead atoms. The van der Waals surface area contributed by atoms with Gasteiger partial charge in [-0.15, -0.1) is 0 Å². The number of aromatic nitrogens is 1. The van der Waals surface area contributed by atoms with Crippen molar-refractivity contribution in [3.05, 3.63) is 81.7 Å². The van der Waals surface area contributed by atoms with Gasteiger partial charge < -0.3 is 15.5 Å². The molecule has 4 rings (SSSR count). The molecule has 0 spiro atoms. The lowest BCUT2D eigenvalue weighted by Crippen LogP contribution is -2.33. The van der Waals surface area contributed by atoms with Gasteiger partial charge in [0, 0.05) is 68.0 Å². The van der Waals surface area contributed by atoms with E-state index in [-0.39, 0.29) is 11.7 Å². The Labute approximate surface area is 239 Å². The molecule has 7 heteroatoms. The molecule has 0 saturated heterocycles. The molecule has 1 unspecified atom stereocenters. The van der Waals surface area contributed by atoms with Gasteiger partial charge in [-0.05, 0) is 61.1 Å². The molecular formula is C33H45N5O2. The third kappa shape index (κ3) is 5.86. The van der Waals surface area contributed by atoms with Gasteiger partial charge in [-0.1, -0.05) is 45.0 Å². The molecule has 4 N–H and O–H groups in total. The predicted octanol–water partition coefficient (Wildman–Crippen LogP) is 5.82. The van der Waals surface area contributed by atoms with Crippen LogP contribution in [0, 0.1) is 26.2 Å². The van der Waals surface area contributed by atoms with E-state index in [0.717, 1.165) is 65.3 Å². The number of carbonyl (C=O) groups excluding carboxylic acids is 1. The molecule has 1 aliphatic heterocycles. The number of Topliss-reactive ketones (excluding diaryl/α,β-unsaturated/α-hetero) is 1. The van der Waals surface area contributed by atoms with Crippen LogP contribution >= 0.6 is 0 Å². The van der Waals surface area contributed by atoms with Crippen molar-refractivity contribution in [3.63, 3.8) is 0 Å². The van der Waals surface area contributed by atoms with Gasteiger partial charge in [-0.25, -0.2) is 5.84 Å². The lowest BCUT2D eigenvalue weighted by atomic mass is 9.66. The molecule has 0 aliphatic carbocycles. The van der Waals surface area contributed by atoms with Crippen molar-refractivity contribution in [2.45, 2.75) is 73.4 Å². The van der Waals surface area contributed by atoms with Crippen LogP contribution in [0.2, 0.25) is 0 Å². The van der Waals surface area contributed by atoms with E-state index in [2.05, 4.69) is 61.8 Å². The van der Waals surface area contributed by atoms with E-state index < -0.39 is 5.41 Å². The number of aryl methyl sites for hydroxylation is 2. The molecule has 2 aromatic carbocycles. The van der Waals surface area contributed by atoms with Gasteiger partial charge in [-0.3, -0.25) is 14.7 Å². The summed E-state index contributed by atoms with van der Waals surface area (Å²) in [5, 5.41) is 1.54. The second-order valence-electron chi connectivity index (χ2n) is 11.8.